The molecule has 1 N–H and O–H groups in total. The lowest BCUT2D eigenvalue weighted by Gasteiger charge is -2.22. The van der Waals surface area contributed by atoms with Crippen molar-refractivity contribution in [2.24, 2.45) is 5.41 Å². The van der Waals surface area contributed by atoms with Crippen molar-refractivity contribution in [3.05, 3.63) is 29.3 Å². The molecule has 0 aliphatic heterocycles. The van der Waals surface area contributed by atoms with Crippen LogP contribution in [0.15, 0.2) is 18.2 Å². The van der Waals surface area contributed by atoms with E-state index in [2.05, 4.69) is 0 Å². The monoisotopic (exact) mass is 252 g/mol. The minimum Gasteiger partial charge on any atom is -0.496 e. The Morgan fingerprint density at radius 2 is 2.00 bits per heavy atom. The molecule has 0 heterocycles. The van der Waals surface area contributed by atoms with Gasteiger partial charge in [-0.2, -0.15) is 0 Å². The van der Waals surface area contributed by atoms with Gasteiger partial charge in [0.05, 0.1) is 19.1 Å². The van der Waals surface area contributed by atoms with Crippen LogP contribution in [0.2, 0.25) is 0 Å². The summed E-state index contributed by atoms with van der Waals surface area (Å²) in [4.78, 5) is 11.2. The zero-order valence-electron chi connectivity index (χ0n) is 11.3. The van der Waals surface area contributed by atoms with Crippen molar-refractivity contribution in [3.8, 4) is 5.75 Å². The van der Waals surface area contributed by atoms with E-state index in [1.165, 1.54) is 0 Å². The van der Waals surface area contributed by atoms with Gasteiger partial charge in [0.2, 0.25) is 0 Å². The third-order valence-electron chi connectivity index (χ3n) is 2.95. The average molecular weight is 252 g/mol. The van der Waals surface area contributed by atoms with Crippen LogP contribution in [-0.2, 0) is 22.6 Å². The molecule has 1 rings (SSSR count). The lowest BCUT2D eigenvalue weighted by molar-refractivity contribution is -0.146. The van der Waals surface area contributed by atoms with Gasteiger partial charge in [0.1, 0.15) is 5.75 Å². The first-order valence-corrected chi connectivity index (χ1v) is 5.79. The van der Waals surface area contributed by atoms with Crippen LogP contribution in [0.5, 0.6) is 5.75 Å². The van der Waals surface area contributed by atoms with E-state index >= 15 is 0 Å². The summed E-state index contributed by atoms with van der Waals surface area (Å²) in [6, 6.07) is 5.65. The van der Waals surface area contributed by atoms with E-state index in [0.717, 1.165) is 11.1 Å². The highest BCUT2D eigenvalue weighted by Crippen LogP contribution is 2.31. The van der Waals surface area contributed by atoms with Crippen molar-refractivity contribution >= 4 is 5.97 Å². The summed E-state index contributed by atoms with van der Waals surface area (Å²) < 4.78 is 10.4. The van der Waals surface area contributed by atoms with Gasteiger partial charge in [-0.05, 0) is 31.9 Å². The molecule has 0 saturated carbocycles. The van der Waals surface area contributed by atoms with Crippen molar-refractivity contribution in [2.75, 3.05) is 14.2 Å². The van der Waals surface area contributed by atoms with Crippen LogP contribution < -0.4 is 4.74 Å². The molecule has 0 aliphatic rings. The van der Waals surface area contributed by atoms with E-state index < -0.39 is 11.4 Å². The number of hydrogen-bond acceptors (Lipinski definition) is 3. The number of benzene rings is 1. The number of carboxylic acid groups (broad SMARTS) is 1. The Hall–Kier alpha value is -1.55. The summed E-state index contributed by atoms with van der Waals surface area (Å²) in [5, 5.41) is 9.21. The van der Waals surface area contributed by atoms with Gasteiger partial charge >= 0.3 is 5.97 Å². The quantitative estimate of drug-likeness (QED) is 0.845. The van der Waals surface area contributed by atoms with Crippen LogP contribution >= 0.6 is 0 Å². The fraction of sp³-hybridized carbons (Fsp3) is 0.500. The first-order valence-electron chi connectivity index (χ1n) is 5.79. The maximum Gasteiger partial charge on any atom is 0.309 e. The number of ether oxygens (including phenoxy) is 2. The standard InChI is InChI=1S/C14H20O4/c1-14(2,13(15)16)8-11-10(9-17-3)6-5-7-12(11)18-4/h5-7H,8-9H2,1-4H3,(H,15,16). The molecule has 0 radical (unpaired) electrons. The predicted molar refractivity (Wildman–Crippen MR) is 68.8 cm³/mol. The van der Waals surface area contributed by atoms with Gasteiger partial charge in [-0.15, -0.1) is 0 Å². The fourth-order valence-electron chi connectivity index (χ4n) is 1.81. The van der Waals surface area contributed by atoms with Gasteiger partial charge in [0.25, 0.3) is 0 Å². The maximum absolute atomic E-state index is 11.2. The zero-order chi connectivity index (χ0) is 13.8. The third-order valence-corrected chi connectivity index (χ3v) is 2.95. The second kappa shape index (κ2) is 5.87. The van der Waals surface area contributed by atoms with E-state index in [9.17, 15) is 9.90 Å². The molecule has 0 amide bonds. The molecule has 18 heavy (non-hydrogen) atoms. The molecule has 0 spiro atoms. The van der Waals surface area contributed by atoms with Crippen molar-refractivity contribution < 1.29 is 19.4 Å². The molecule has 0 aliphatic carbocycles. The largest absolute Gasteiger partial charge is 0.496 e. The molecule has 0 fully saturated rings. The Morgan fingerprint density at radius 1 is 1.33 bits per heavy atom. The highest BCUT2D eigenvalue weighted by atomic mass is 16.5. The minimum absolute atomic E-state index is 0.408. The van der Waals surface area contributed by atoms with Gasteiger partial charge in [-0.1, -0.05) is 12.1 Å². The van der Waals surface area contributed by atoms with E-state index in [1.54, 1.807) is 28.1 Å². The first-order chi connectivity index (χ1) is 8.42. The summed E-state index contributed by atoms with van der Waals surface area (Å²) in [5.41, 5.74) is 1.03. The van der Waals surface area contributed by atoms with Crippen molar-refractivity contribution in [1.29, 1.82) is 0 Å². The smallest absolute Gasteiger partial charge is 0.309 e. The predicted octanol–water partition coefficient (Wildman–Crippen LogP) is 2.49. The Labute approximate surface area is 108 Å². The molecule has 0 atom stereocenters. The van der Waals surface area contributed by atoms with Gasteiger partial charge < -0.3 is 14.6 Å². The number of methoxy groups -OCH3 is 2. The molecule has 100 valence electrons. The second-order valence-corrected chi connectivity index (χ2v) is 4.90. The highest BCUT2D eigenvalue weighted by molar-refractivity contribution is 5.74. The van der Waals surface area contributed by atoms with Crippen LogP contribution in [0.3, 0.4) is 0 Å². The average Bonchev–Trinajstić information content (AvgIpc) is 2.31. The number of carboxylic acids is 1. The molecule has 1 aromatic carbocycles. The van der Waals surface area contributed by atoms with Crippen molar-refractivity contribution in [2.45, 2.75) is 26.9 Å². The van der Waals surface area contributed by atoms with Crippen LogP contribution in [0, 0.1) is 5.41 Å². The lowest BCUT2D eigenvalue weighted by Crippen LogP contribution is -2.27. The van der Waals surface area contributed by atoms with Crippen LogP contribution in [0.4, 0.5) is 0 Å². The molecular weight excluding hydrogens is 232 g/mol. The Balaban J connectivity index is 3.15. The maximum atomic E-state index is 11.2. The summed E-state index contributed by atoms with van der Waals surface area (Å²) in [7, 11) is 3.20. The van der Waals surface area contributed by atoms with Crippen molar-refractivity contribution in [1.82, 2.24) is 0 Å². The number of aliphatic carboxylic acids is 1. The van der Waals surface area contributed by atoms with E-state index in [4.69, 9.17) is 9.47 Å². The van der Waals surface area contributed by atoms with Crippen LogP contribution in [-0.4, -0.2) is 25.3 Å². The van der Waals surface area contributed by atoms with E-state index in [0.29, 0.717) is 18.8 Å². The number of carbonyl (C=O) groups is 1. The Kier molecular flexibility index (Phi) is 4.73. The second-order valence-electron chi connectivity index (χ2n) is 4.90. The molecule has 0 bridgehead atoms. The van der Waals surface area contributed by atoms with Gasteiger partial charge in [-0.3, -0.25) is 4.79 Å². The topological polar surface area (TPSA) is 55.8 Å². The summed E-state index contributed by atoms with van der Waals surface area (Å²) in [6.07, 6.45) is 0.408. The fourth-order valence-corrected chi connectivity index (χ4v) is 1.81. The van der Waals surface area contributed by atoms with E-state index in [1.807, 2.05) is 18.2 Å². The van der Waals surface area contributed by atoms with Crippen molar-refractivity contribution in [3.63, 3.8) is 0 Å². The zero-order valence-corrected chi connectivity index (χ0v) is 11.3. The molecule has 4 heteroatoms. The van der Waals surface area contributed by atoms with Gasteiger partial charge in [0.15, 0.2) is 0 Å². The Morgan fingerprint density at radius 3 is 2.50 bits per heavy atom. The summed E-state index contributed by atoms with van der Waals surface area (Å²) in [6.45, 7) is 3.86. The summed E-state index contributed by atoms with van der Waals surface area (Å²) in [5.74, 6) is -0.115. The number of hydrogen-bond donors (Lipinski definition) is 1. The van der Waals surface area contributed by atoms with Gasteiger partial charge in [0, 0.05) is 12.7 Å². The molecule has 0 saturated heterocycles. The molecule has 0 aromatic heterocycles. The molecule has 0 unspecified atom stereocenters. The third kappa shape index (κ3) is 3.23. The molecular formula is C14H20O4. The highest BCUT2D eigenvalue weighted by Gasteiger charge is 2.29. The molecule has 1 aromatic rings. The lowest BCUT2D eigenvalue weighted by atomic mass is 9.84. The van der Waals surface area contributed by atoms with Crippen LogP contribution in [0.25, 0.3) is 0 Å². The molecule has 4 nitrogen and oxygen atoms in total. The van der Waals surface area contributed by atoms with E-state index in [-0.39, 0.29) is 0 Å². The van der Waals surface area contributed by atoms with Gasteiger partial charge in [-0.25, -0.2) is 0 Å². The normalized spacial score (nSPS) is 11.3. The summed E-state index contributed by atoms with van der Waals surface area (Å²) >= 11 is 0. The SMILES string of the molecule is COCc1cccc(OC)c1CC(C)(C)C(=O)O. The number of rotatable bonds is 6. The van der Waals surface area contributed by atoms with Crippen LogP contribution in [0.1, 0.15) is 25.0 Å². The first kappa shape index (κ1) is 14.5. The Bertz CT molecular complexity index is 424. The minimum atomic E-state index is -0.836.